The van der Waals surface area contributed by atoms with Crippen LogP contribution in [0.4, 0.5) is 5.69 Å². The minimum Gasteiger partial charge on any atom is -0.327 e. The summed E-state index contributed by atoms with van der Waals surface area (Å²) in [6.45, 7) is 0. The fourth-order valence-corrected chi connectivity index (χ4v) is 2.79. The molecule has 1 fully saturated rings. The van der Waals surface area contributed by atoms with Crippen LogP contribution in [-0.2, 0) is 4.79 Å². The Morgan fingerprint density at radius 1 is 1.47 bits per heavy atom. The van der Waals surface area contributed by atoms with Gasteiger partial charge in [0.1, 0.15) is 0 Å². The molecule has 0 bridgehead atoms. The van der Waals surface area contributed by atoms with E-state index >= 15 is 0 Å². The van der Waals surface area contributed by atoms with E-state index in [9.17, 15) is 4.79 Å². The first-order valence-electron chi connectivity index (χ1n) is 6.71. The van der Waals surface area contributed by atoms with Crippen molar-refractivity contribution >= 4 is 22.5 Å². The number of carbonyl (C=O) groups is 1. The minimum atomic E-state index is 0.0465. The van der Waals surface area contributed by atoms with Gasteiger partial charge in [0.2, 0.25) is 5.91 Å². The van der Waals surface area contributed by atoms with Crippen molar-refractivity contribution in [3.8, 4) is 0 Å². The first-order valence-corrected chi connectivity index (χ1v) is 6.71. The van der Waals surface area contributed by atoms with Crippen molar-refractivity contribution < 1.29 is 4.79 Å². The van der Waals surface area contributed by atoms with Crippen LogP contribution in [-0.4, -0.2) is 22.1 Å². The molecule has 2 atom stereocenters. The van der Waals surface area contributed by atoms with E-state index in [4.69, 9.17) is 5.73 Å². The average Bonchev–Trinajstić information content (AvgIpc) is 2.98. The Bertz CT molecular complexity index is 592. The van der Waals surface area contributed by atoms with Gasteiger partial charge in [-0.3, -0.25) is 9.89 Å². The van der Waals surface area contributed by atoms with Gasteiger partial charge in [-0.25, -0.2) is 0 Å². The molecule has 0 radical (unpaired) electrons. The number of fused-ring (bicyclic) bond motifs is 1. The highest BCUT2D eigenvalue weighted by Crippen LogP contribution is 2.27. The van der Waals surface area contributed by atoms with Gasteiger partial charge in [-0.2, -0.15) is 5.10 Å². The first-order chi connectivity index (χ1) is 9.22. The van der Waals surface area contributed by atoms with E-state index in [0.29, 0.717) is 12.3 Å². The fraction of sp³-hybridized carbons (Fsp3) is 0.429. The zero-order valence-electron chi connectivity index (χ0n) is 10.7. The summed E-state index contributed by atoms with van der Waals surface area (Å²) >= 11 is 0. The molecule has 0 unspecified atom stereocenters. The van der Waals surface area contributed by atoms with Gasteiger partial charge >= 0.3 is 0 Å². The van der Waals surface area contributed by atoms with Gasteiger partial charge < -0.3 is 11.1 Å². The minimum absolute atomic E-state index is 0.0465. The van der Waals surface area contributed by atoms with Crippen LogP contribution < -0.4 is 11.1 Å². The van der Waals surface area contributed by atoms with E-state index in [1.807, 2.05) is 18.2 Å². The molecule has 0 saturated heterocycles. The van der Waals surface area contributed by atoms with Crippen LogP contribution in [0.15, 0.2) is 24.4 Å². The Morgan fingerprint density at radius 2 is 2.37 bits per heavy atom. The second-order valence-electron chi connectivity index (χ2n) is 5.28. The summed E-state index contributed by atoms with van der Waals surface area (Å²) in [5.41, 5.74) is 7.77. The van der Waals surface area contributed by atoms with Gasteiger partial charge in [0.15, 0.2) is 0 Å². The van der Waals surface area contributed by atoms with Gasteiger partial charge in [0, 0.05) is 23.5 Å². The molecule has 3 rings (SSSR count). The fourth-order valence-electron chi connectivity index (χ4n) is 2.79. The number of aromatic nitrogens is 2. The molecular formula is C14H18N4O. The zero-order valence-corrected chi connectivity index (χ0v) is 10.7. The van der Waals surface area contributed by atoms with Gasteiger partial charge in [-0.05, 0) is 37.0 Å². The number of benzene rings is 1. The van der Waals surface area contributed by atoms with Crippen molar-refractivity contribution in [2.75, 3.05) is 5.32 Å². The van der Waals surface area contributed by atoms with Crippen molar-refractivity contribution in [2.24, 2.45) is 11.7 Å². The highest BCUT2D eigenvalue weighted by molar-refractivity contribution is 5.93. The number of nitrogens with one attached hydrogen (secondary N) is 2. The smallest absolute Gasteiger partial charge is 0.224 e. The van der Waals surface area contributed by atoms with E-state index in [2.05, 4.69) is 15.5 Å². The van der Waals surface area contributed by atoms with Crippen LogP contribution in [0.1, 0.15) is 25.7 Å². The van der Waals surface area contributed by atoms with E-state index < -0.39 is 0 Å². The third kappa shape index (κ3) is 2.61. The molecule has 1 aromatic heterocycles. The second kappa shape index (κ2) is 5.01. The zero-order chi connectivity index (χ0) is 13.2. The monoisotopic (exact) mass is 258 g/mol. The molecule has 5 nitrogen and oxygen atoms in total. The Balaban J connectivity index is 1.65. The van der Waals surface area contributed by atoms with Crippen molar-refractivity contribution in [3.05, 3.63) is 24.4 Å². The molecular weight excluding hydrogens is 240 g/mol. The molecule has 1 amide bonds. The van der Waals surface area contributed by atoms with Crippen LogP contribution in [0.25, 0.3) is 10.9 Å². The van der Waals surface area contributed by atoms with Gasteiger partial charge in [0.05, 0.1) is 11.7 Å². The molecule has 0 spiro atoms. The highest BCUT2D eigenvalue weighted by atomic mass is 16.1. The summed E-state index contributed by atoms with van der Waals surface area (Å²) < 4.78 is 0. The average molecular weight is 258 g/mol. The number of aromatic amines is 1. The van der Waals surface area contributed by atoms with Gasteiger partial charge in [0.25, 0.3) is 0 Å². The molecule has 19 heavy (non-hydrogen) atoms. The largest absolute Gasteiger partial charge is 0.327 e. The molecule has 100 valence electrons. The lowest BCUT2D eigenvalue weighted by Crippen LogP contribution is -2.28. The number of hydrogen-bond acceptors (Lipinski definition) is 3. The summed E-state index contributed by atoms with van der Waals surface area (Å²) in [6, 6.07) is 5.90. The maximum absolute atomic E-state index is 12.0. The number of nitrogens with two attached hydrogens (primary N) is 1. The van der Waals surface area contributed by atoms with Crippen LogP contribution >= 0.6 is 0 Å². The van der Waals surface area contributed by atoms with Gasteiger partial charge in [-0.1, -0.05) is 6.42 Å². The summed E-state index contributed by atoms with van der Waals surface area (Å²) in [4.78, 5) is 12.0. The van der Waals surface area contributed by atoms with Crippen LogP contribution in [0.2, 0.25) is 0 Å². The van der Waals surface area contributed by atoms with Crippen LogP contribution in [0.5, 0.6) is 0 Å². The number of hydrogen-bond donors (Lipinski definition) is 3. The third-order valence-electron chi connectivity index (χ3n) is 3.89. The number of carbonyl (C=O) groups excluding carboxylic acids is 1. The van der Waals surface area contributed by atoms with E-state index in [0.717, 1.165) is 35.9 Å². The number of anilines is 1. The normalized spacial score (nSPS) is 22.8. The Labute approximate surface area is 111 Å². The maximum Gasteiger partial charge on any atom is 0.224 e. The lowest BCUT2D eigenvalue weighted by molar-refractivity contribution is -0.117. The number of nitrogens with zero attached hydrogens (tertiary/aromatic N) is 1. The summed E-state index contributed by atoms with van der Waals surface area (Å²) in [5.74, 6) is 0.378. The van der Waals surface area contributed by atoms with Gasteiger partial charge in [-0.15, -0.1) is 0 Å². The molecule has 1 heterocycles. The lowest BCUT2D eigenvalue weighted by atomic mass is 10.00. The SMILES string of the molecule is N[C@@H]1CCC[C@H]1CC(=O)Nc1ccc2[nH]ncc2c1. The van der Waals surface area contributed by atoms with E-state index in [-0.39, 0.29) is 11.9 Å². The number of rotatable bonds is 3. The highest BCUT2D eigenvalue weighted by Gasteiger charge is 2.25. The molecule has 2 aromatic rings. The molecule has 0 aliphatic heterocycles. The quantitative estimate of drug-likeness (QED) is 0.787. The Morgan fingerprint density at radius 3 is 3.16 bits per heavy atom. The molecule has 5 heteroatoms. The first kappa shape index (κ1) is 12.2. The predicted molar refractivity (Wildman–Crippen MR) is 74.7 cm³/mol. The summed E-state index contributed by atoms with van der Waals surface area (Å²) in [6.07, 6.45) is 5.51. The standard InChI is InChI=1S/C14H18N4O/c15-12-3-1-2-9(12)7-14(19)17-11-4-5-13-10(6-11)8-16-18-13/h4-6,8-9,12H,1-3,7,15H2,(H,16,18)(H,17,19)/t9-,12+/m0/s1. The second-order valence-corrected chi connectivity index (χ2v) is 5.28. The molecule has 1 aliphatic rings. The number of H-pyrrole nitrogens is 1. The van der Waals surface area contributed by atoms with E-state index in [1.54, 1.807) is 6.20 Å². The summed E-state index contributed by atoms with van der Waals surface area (Å²) in [5, 5.41) is 10.8. The van der Waals surface area contributed by atoms with Crippen LogP contribution in [0.3, 0.4) is 0 Å². The van der Waals surface area contributed by atoms with Crippen molar-refractivity contribution in [2.45, 2.75) is 31.7 Å². The van der Waals surface area contributed by atoms with Crippen molar-refractivity contribution in [1.29, 1.82) is 0 Å². The third-order valence-corrected chi connectivity index (χ3v) is 3.89. The molecule has 4 N–H and O–H groups in total. The summed E-state index contributed by atoms with van der Waals surface area (Å²) in [7, 11) is 0. The lowest BCUT2D eigenvalue weighted by Gasteiger charge is -2.14. The Kier molecular flexibility index (Phi) is 3.21. The topological polar surface area (TPSA) is 83.8 Å². The van der Waals surface area contributed by atoms with Crippen molar-refractivity contribution in [1.82, 2.24) is 10.2 Å². The van der Waals surface area contributed by atoms with Crippen LogP contribution in [0, 0.1) is 5.92 Å². The molecule has 1 aliphatic carbocycles. The Hall–Kier alpha value is -1.88. The van der Waals surface area contributed by atoms with E-state index in [1.165, 1.54) is 0 Å². The maximum atomic E-state index is 12.0. The number of amides is 1. The molecule has 1 aromatic carbocycles. The van der Waals surface area contributed by atoms with Crippen molar-refractivity contribution in [3.63, 3.8) is 0 Å². The molecule has 1 saturated carbocycles. The predicted octanol–water partition coefficient (Wildman–Crippen LogP) is 2.02.